The molecule has 0 radical (unpaired) electrons. The second-order valence-electron chi connectivity index (χ2n) is 8.83. The van der Waals surface area contributed by atoms with Crippen molar-refractivity contribution in [1.82, 2.24) is 19.6 Å². The first-order valence-electron chi connectivity index (χ1n) is 11.3. The van der Waals surface area contributed by atoms with Gasteiger partial charge in [0.25, 0.3) is 0 Å². The molecule has 5 nitrogen and oxygen atoms in total. The fraction of sp³-hybridized carbons (Fsp3) is 0.308. The molecule has 0 aromatic heterocycles. The van der Waals surface area contributed by atoms with Crippen molar-refractivity contribution in [1.29, 1.82) is 0 Å². The molecule has 4 aliphatic heterocycles. The fourth-order valence-electron chi connectivity index (χ4n) is 5.28. The summed E-state index contributed by atoms with van der Waals surface area (Å²) in [7, 11) is 0. The Bertz CT molecular complexity index is 1120. The third kappa shape index (κ3) is 3.09. The minimum absolute atomic E-state index is 0.369. The van der Waals surface area contributed by atoms with Gasteiger partial charge in [-0.2, -0.15) is 0 Å². The zero-order valence-electron chi connectivity index (χ0n) is 17.7. The first kappa shape index (κ1) is 18.9. The molecule has 0 spiro atoms. The molecule has 1 fully saturated rings. The van der Waals surface area contributed by atoms with E-state index in [1.165, 1.54) is 34.0 Å². The Morgan fingerprint density at radius 3 is 1.78 bits per heavy atom. The molecule has 6 bridgehead atoms. The van der Waals surface area contributed by atoms with E-state index in [1.807, 2.05) is 12.1 Å². The molecular formula is C26H24N4OPt-2. The second-order valence-corrected chi connectivity index (χ2v) is 11.4. The molecule has 1 aliphatic carbocycles. The van der Waals surface area contributed by atoms with Gasteiger partial charge in [0.05, 0.1) is 0 Å². The van der Waals surface area contributed by atoms with E-state index in [2.05, 4.69) is 80.8 Å². The van der Waals surface area contributed by atoms with Crippen LogP contribution in [0.15, 0.2) is 61.2 Å². The number of hydrogen-bond acceptors (Lipinski definition) is 5. The molecule has 32 heavy (non-hydrogen) atoms. The van der Waals surface area contributed by atoms with E-state index in [1.54, 1.807) is 0 Å². The maximum atomic E-state index is 6.15. The van der Waals surface area contributed by atoms with Crippen molar-refractivity contribution in [2.45, 2.75) is 50.9 Å². The third-order valence-electron chi connectivity index (χ3n) is 6.76. The first-order chi connectivity index (χ1) is 15.8. The standard InChI is InChI=1S/C26H24N4O.Pt/c1-2-10-26-25(9-1)29-13-11-27(19-29)17-21-5-3-7-23(15-21)31-24-8-4-6-22(16-24)18-28-12-14-30(26)20-28;/h3-8,11-14,25-26H,1-2,9-10,17-18H2;/q-2;. The van der Waals surface area contributed by atoms with Crippen molar-refractivity contribution >= 4 is 8.29 Å². The molecule has 7 rings (SSSR count). The van der Waals surface area contributed by atoms with Gasteiger partial charge in [-0.1, -0.05) is 0 Å². The Morgan fingerprint density at radius 2 is 1.25 bits per heavy atom. The average Bonchev–Trinajstić information content (AvgIpc) is 3.35. The summed E-state index contributed by atoms with van der Waals surface area (Å²) in [4.78, 5) is 10.2. The molecule has 2 aromatic carbocycles. The Hall–Kier alpha value is -2.65. The van der Waals surface area contributed by atoms with Gasteiger partial charge in [0.2, 0.25) is 0 Å². The molecule has 6 heteroatoms. The van der Waals surface area contributed by atoms with E-state index < -0.39 is 0 Å². The quantitative estimate of drug-likeness (QED) is 0.426. The van der Waals surface area contributed by atoms with Crippen molar-refractivity contribution < 1.29 is 22.4 Å². The second kappa shape index (κ2) is 7.45. The van der Waals surface area contributed by atoms with Crippen molar-refractivity contribution in [3.63, 3.8) is 0 Å². The number of fused-ring (bicyclic) bond motifs is 7. The zero-order chi connectivity index (χ0) is 21.1. The molecule has 5 aliphatic rings. The molecule has 0 N–H and O–H groups in total. The van der Waals surface area contributed by atoms with Crippen LogP contribution in [0.4, 0.5) is 0 Å². The fourth-order valence-corrected chi connectivity index (χ4v) is 8.77. The molecule has 2 atom stereocenters. The molecule has 166 valence electrons. The maximum absolute atomic E-state index is 6.15. The summed E-state index contributed by atoms with van der Waals surface area (Å²) < 4.78 is 9.12. The van der Waals surface area contributed by atoms with Gasteiger partial charge in [0.15, 0.2) is 0 Å². The molecule has 1 saturated carbocycles. The number of hydrogen-bond donors (Lipinski definition) is 0. The van der Waals surface area contributed by atoms with Gasteiger partial charge < -0.3 is 0 Å². The number of ether oxygens (including phenoxy) is 1. The van der Waals surface area contributed by atoms with Crippen molar-refractivity contribution in [2.24, 2.45) is 0 Å². The predicted octanol–water partition coefficient (Wildman–Crippen LogP) is 3.85. The first-order valence-corrected chi connectivity index (χ1v) is 13.6. The van der Waals surface area contributed by atoms with Crippen LogP contribution in [0.5, 0.6) is 11.5 Å². The van der Waals surface area contributed by atoms with Crippen molar-refractivity contribution in [2.75, 3.05) is 0 Å². The van der Waals surface area contributed by atoms with Crippen LogP contribution in [0.1, 0.15) is 36.8 Å². The van der Waals surface area contributed by atoms with Gasteiger partial charge in [-0.3, -0.25) is 0 Å². The van der Waals surface area contributed by atoms with Gasteiger partial charge in [-0.05, 0) is 0 Å². The molecule has 2 unspecified atom stereocenters. The van der Waals surface area contributed by atoms with Gasteiger partial charge in [0, 0.05) is 0 Å². The van der Waals surface area contributed by atoms with E-state index in [0.29, 0.717) is 12.1 Å². The third-order valence-corrected chi connectivity index (χ3v) is 10.3. The van der Waals surface area contributed by atoms with Crippen LogP contribution in [0.2, 0.25) is 0 Å². The average molecular weight is 604 g/mol. The predicted molar refractivity (Wildman–Crippen MR) is 120 cm³/mol. The monoisotopic (exact) mass is 603 g/mol. The number of nitrogens with zero attached hydrogens (tertiary/aromatic N) is 4. The van der Waals surface area contributed by atoms with E-state index in [4.69, 9.17) is 4.74 Å². The zero-order valence-corrected chi connectivity index (χ0v) is 20.0. The summed E-state index contributed by atoms with van der Waals surface area (Å²) in [5.41, 5.74) is 2.29. The molecule has 2 aromatic rings. The Kier molecular flexibility index (Phi) is 4.39. The Morgan fingerprint density at radius 1 is 0.719 bits per heavy atom. The SMILES string of the molecule is [c-]1c2cccc1Oc1[c-]c(ccc1)CN1C=CN3[C]1=[Pt]=[C]1N(C=CN1C1CCCCC13)C2. The number of rotatable bonds is 0. The van der Waals surface area contributed by atoms with Crippen molar-refractivity contribution in [3.8, 4) is 11.5 Å². The minimum atomic E-state index is -0.369. The van der Waals surface area contributed by atoms with Crippen LogP contribution < -0.4 is 4.74 Å². The van der Waals surface area contributed by atoms with Gasteiger partial charge in [-0.15, -0.1) is 0 Å². The normalized spacial score (nSPS) is 25.8. The topological polar surface area (TPSA) is 22.2 Å². The summed E-state index contributed by atoms with van der Waals surface area (Å²) >= 11 is -0.369. The summed E-state index contributed by atoms with van der Waals surface area (Å²) in [5.74, 6) is 1.50. The molecule has 4 heterocycles. The van der Waals surface area contributed by atoms with Crippen LogP contribution in [0, 0.1) is 12.1 Å². The Balaban J connectivity index is 1.40. The van der Waals surface area contributed by atoms with Gasteiger partial charge >= 0.3 is 197 Å². The summed E-state index contributed by atoms with van der Waals surface area (Å²) in [6.07, 6.45) is 14.4. The molecule has 0 amide bonds. The van der Waals surface area contributed by atoms with Crippen LogP contribution in [-0.2, 0) is 30.7 Å². The summed E-state index contributed by atoms with van der Waals surface area (Å²) in [6, 6.07) is 20.5. The molecular weight excluding hydrogens is 579 g/mol. The van der Waals surface area contributed by atoms with Crippen LogP contribution in [-0.4, -0.2) is 40.0 Å². The van der Waals surface area contributed by atoms with E-state index in [-0.39, 0.29) is 17.6 Å². The Labute approximate surface area is 196 Å². The summed E-state index contributed by atoms with van der Waals surface area (Å²) in [6.45, 7) is 1.64. The van der Waals surface area contributed by atoms with E-state index in [9.17, 15) is 0 Å². The van der Waals surface area contributed by atoms with Crippen LogP contribution in [0.3, 0.4) is 0 Å². The van der Waals surface area contributed by atoms with Crippen molar-refractivity contribution in [3.05, 3.63) is 84.5 Å². The number of benzene rings is 2. The van der Waals surface area contributed by atoms with E-state index >= 15 is 0 Å². The molecule has 0 saturated heterocycles. The van der Waals surface area contributed by atoms with Crippen LogP contribution in [0.25, 0.3) is 0 Å². The van der Waals surface area contributed by atoms with E-state index in [0.717, 1.165) is 35.7 Å². The van der Waals surface area contributed by atoms with Gasteiger partial charge in [0.1, 0.15) is 0 Å². The van der Waals surface area contributed by atoms with Crippen LogP contribution >= 0.6 is 0 Å². The van der Waals surface area contributed by atoms with Gasteiger partial charge in [-0.25, -0.2) is 0 Å². The summed E-state index contributed by atoms with van der Waals surface area (Å²) in [5, 5.41) is 0.